The first-order chi connectivity index (χ1) is 31.5. The molecule has 1 unspecified atom stereocenters. The number of hydrogen-bond donors (Lipinski definition) is 1. The van der Waals surface area contributed by atoms with E-state index in [1.54, 1.807) is 30.2 Å². The number of nitrogens with one attached hydrogen (secondary N) is 1. The summed E-state index contributed by atoms with van der Waals surface area (Å²) in [4.78, 5) is 85.2. The number of Topliss-reactive ketones (excluding diaryl/α,β-unsaturated/α-hetero) is 1. The number of aryl methyl sites for hydroxylation is 1. The summed E-state index contributed by atoms with van der Waals surface area (Å²) in [7, 11) is 3.26. The molecule has 5 atom stereocenters. The number of ether oxygens (including phenoxy) is 2. The van der Waals surface area contributed by atoms with Crippen molar-refractivity contribution in [1.29, 1.82) is 0 Å². The molecule has 66 heavy (non-hydrogen) atoms. The lowest BCUT2D eigenvalue weighted by Gasteiger charge is -2.40. The molecule has 1 aromatic carbocycles. The van der Waals surface area contributed by atoms with Crippen LogP contribution < -0.4 is 5.43 Å². The Labute approximate surface area is 393 Å². The summed E-state index contributed by atoms with van der Waals surface area (Å²) in [5.41, 5.74) is 8.80. The molecule has 350 valence electrons. The molecule has 7 heterocycles. The summed E-state index contributed by atoms with van der Waals surface area (Å²) >= 11 is 1.47. The number of nitrogens with zero attached hydrogens (tertiary/aromatic N) is 7. The minimum absolute atomic E-state index is 0.0622. The zero-order valence-electron chi connectivity index (χ0n) is 39.4. The number of methoxy groups -OCH3 is 1. The number of pyridine rings is 1. The maximum Gasteiger partial charge on any atom is 0.324 e. The molecule has 15 nitrogen and oxygen atoms in total. The van der Waals surface area contributed by atoms with Crippen molar-refractivity contribution < 1.29 is 33.4 Å². The number of thiazole rings is 1. The predicted molar refractivity (Wildman–Crippen MR) is 254 cm³/mol. The van der Waals surface area contributed by atoms with Crippen LogP contribution in [-0.2, 0) is 48.0 Å². The second-order valence-electron chi connectivity index (χ2n) is 19.2. The second kappa shape index (κ2) is 18.8. The first kappa shape index (κ1) is 47.3. The minimum Gasteiger partial charge on any atom is -0.464 e. The molecule has 3 fully saturated rings. The van der Waals surface area contributed by atoms with E-state index in [4.69, 9.17) is 19.4 Å². The molecule has 0 aliphatic carbocycles. The number of hydrazine groups is 1. The number of likely N-dealkylation sites (N-methyl/N-ethyl adjacent to an activating group) is 1. The van der Waals surface area contributed by atoms with Crippen molar-refractivity contribution in [2.24, 2.45) is 11.3 Å². The van der Waals surface area contributed by atoms with Gasteiger partial charge in [-0.05, 0) is 81.4 Å². The zero-order chi connectivity index (χ0) is 47.2. The van der Waals surface area contributed by atoms with Crippen LogP contribution >= 0.6 is 11.3 Å². The molecule has 8 rings (SSSR count). The molecule has 2 radical (unpaired) electrons. The maximum absolute atomic E-state index is 15.0. The molecule has 1 spiro atoms. The third-order valence-corrected chi connectivity index (χ3v) is 16.4. The number of carbonyl (C=O) groups excluding carboxylic acids is 5. The van der Waals surface area contributed by atoms with Gasteiger partial charge in [0.15, 0.2) is 5.78 Å². The number of hydrogen-bond acceptors (Lipinski definition) is 11. The van der Waals surface area contributed by atoms with Crippen molar-refractivity contribution in [2.45, 2.75) is 109 Å². The van der Waals surface area contributed by atoms with E-state index in [9.17, 15) is 19.2 Å². The maximum atomic E-state index is 15.0. The molecule has 0 saturated carbocycles. The van der Waals surface area contributed by atoms with Crippen molar-refractivity contribution >= 4 is 61.4 Å². The Hall–Kier alpha value is -5.23. The van der Waals surface area contributed by atoms with Gasteiger partial charge in [-0.1, -0.05) is 40.3 Å². The monoisotopic (exact) mass is 934 g/mol. The Bertz CT molecular complexity index is 2560. The molecule has 3 saturated heterocycles. The van der Waals surface area contributed by atoms with E-state index in [1.807, 2.05) is 32.2 Å². The number of aromatic nitrogens is 3. The topological polar surface area (TPSA) is 160 Å². The van der Waals surface area contributed by atoms with Crippen LogP contribution in [0, 0.1) is 11.3 Å². The third kappa shape index (κ3) is 8.86. The molecule has 4 amide bonds. The summed E-state index contributed by atoms with van der Waals surface area (Å²) in [5.74, 6) is -1.38. The lowest BCUT2D eigenvalue weighted by Crippen LogP contribution is -2.57. The largest absolute Gasteiger partial charge is 0.464 e. The van der Waals surface area contributed by atoms with Gasteiger partial charge in [0.25, 0.3) is 0 Å². The lowest BCUT2D eigenvalue weighted by molar-refractivity contribution is -0.155. The van der Waals surface area contributed by atoms with Crippen molar-refractivity contribution in [3.05, 3.63) is 70.8 Å². The number of urea groups is 1. The Kier molecular flexibility index (Phi) is 13.5. The summed E-state index contributed by atoms with van der Waals surface area (Å²) in [5, 5.41) is 4.22. The van der Waals surface area contributed by atoms with Crippen LogP contribution in [-0.4, -0.2) is 133 Å². The highest BCUT2D eigenvalue weighted by molar-refractivity contribution is 7.10. The minimum atomic E-state index is -1.13. The highest BCUT2D eigenvalue weighted by atomic mass is 32.1. The highest BCUT2D eigenvalue weighted by Gasteiger charge is 2.67. The molecule has 1 N–H and O–H groups in total. The van der Waals surface area contributed by atoms with Crippen molar-refractivity contribution in [2.75, 3.05) is 47.1 Å². The van der Waals surface area contributed by atoms with Crippen molar-refractivity contribution in [3.8, 4) is 22.5 Å². The first-order valence-corrected chi connectivity index (χ1v) is 25.0. The Morgan fingerprint density at radius 3 is 2.61 bits per heavy atom. The number of esters is 1. The Balaban J connectivity index is 1.18. The van der Waals surface area contributed by atoms with Gasteiger partial charge in [0.1, 0.15) is 6.04 Å². The van der Waals surface area contributed by atoms with Gasteiger partial charge >= 0.3 is 12.0 Å². The van der Waals surface area contributed by atoms with Crippen LogP contribution in [0.5, 0.6) is 0 Å². The van der Waals surface area contributed by atoms with E-state index in [0.29, 0.717) is 51.9 Å². The van der Waals surface area contributed by atoms with Gasteiger partial charge in [0.2, 0.25) is 11.8 Å². The molecular formula is C49H62N8O7SSi. The summed E-state index contributed by atoms with van der Waals surface area (Å²) in [6.45, 7) is 18.1. The summed E-state index contributed by atoms with van der Waals surface area (Å²) < 4.78 is 14.3. The van der Waals surface area contributed by atoms with E-state index in [-0.39, 0.29) is 64.9 Å². The fraction of sp³-hybridized carbons (Fsp3) is 0.531. The molecule has 4 aliphatic heterocycles. The van der Waals surface area contributed by atoms with Gasteiger partial charge in [0, 0.05) is 91.3 Å². The van der Waals surface area contributed by atoms with Crippen molar-refractivity contribution in [1.82, 2.24) is 39.7 Å². The SMILES string of the molecule is C=CC(=O)N1CCCN(C(=O)N(C)[C@H](C(=O)C2[Si][C@@]23Cc2nc(cs2)-c2ccc4c(c2)c(c(-c2cccnc2[C@H](C)OC)n4CC)CC(C)(C)COC(=O)[C@@H]2CCCN(N2)C3=O)C(C)C)C1. The van der Waals surface area contributed by atoms with Gasteiger partial charge in [0.05, 0.1) is 62.1 Å². The first-order valence-electron chi connectivity index (χ1n) is 23.1. The summed E-state index contributed by atoms with van der Waals surface area (Å²) in [6, 6.07) is 8.56. The summed E-state index contributed by atoms with van der Waals surface area (Å²) in [6.07, 6.45) is 5.27. The van der Waals surface area contributed by atoms with Crippen LogP contribution in [0.3, 0.4) is 0 Å². The van der Waals surface area contributed by atoms with Gasteiger partial charge < -0.3 is 28.7 Å². The quantitative estimate of drug-likeness (QED) is 0.109. The van der Waals surface area contributed by atoms with Crippen LogP contribution in [0.25, 0.3) is 33.4 Å². The number of carbonyl (C=O) groups is 5. The molecule has 4 aromatic rings. The number of cyclic esters (lactones) is 1. The smallest absolute Gasteiger partial charge is 0.324 e. The highest BCUT2D eigenvalue weighted by Crippen LogP contribution is 2.62. The molecule has 4 aliphatic rings. The van der Waals surface area contributed by atoms with E-state index in [2.05, 4.69) is 61.6 Å². The van der Waals surface area contributed by atoms with E-state index in [1.165, 1.54) is 27.3 Å². The van der Waals surface area contributed by atoms with Crippen LogP contribution in [0.1, 0.15) is 83.2 Å². The van der Waals surface area contributed by atoms with Gasteiger partial charge in [-0.15, -0.1) is 11.3 Å². The number of ketones is 1. The van der Waals surface area contributed by atoms with Gasteiger partial charge in [-0.2, -0.15) is 0 Å². The molecular weight excluding hydrogens is 873 g/mol. The second-order valence-corrected chi connectivity index (χ2v) is 21.9. The van der Waals surface area contributed by atoms with Gasteiger partial charge in [-0.3, -0.25) is 29.2 Å². The van der Waals surface area contributed by atoms with Crippen LogP contribution in [0.15, 0.2) is 54.6 Å². The number of amides is 4. The standard InChI is InChI=1S/C49H62N8O7SSi/c1-10-39(58)54-20-14-21-55(28-54)47(62)53(8)41(29(3)4)43(59)44-49(66-44)25-38-51-36(26-65-38)31-17-18-37-33(23-31)34(42(56(37)11-2)32-15-12-19-50-40(32)30(5)63-9)24-48(6,7)27-64-45(60)35-16-13-22-57(52-35)46(49)61/h10,12,15,17-19,23,26,29-30,35,41,44,52H,1,11,13-14,16,20-22,24-25,27-28H2,2-9H3/t30-,35-,41-,44?,49-/m0/s1. The Morgan fingerprint density at radius 2 is 1.88 bits per heavy atom. The van der Waals surface area contributed by atoms with Crippen molar-refractivity contribution in [3.63, 3.8) is 0 Å². The number of rotatable bonds is 9. The average molecular weight is 935 g/mol. The molecule has 6 bridgehead atoms. The third-order valence-electron chi connectivity index (χ3n) is 13.6. The van der Waals surface area contributed by atoms with E-state index >= 15 is 4.79 Å². The fourth-order valence-corrected chi connectivity index (χ4v) is 12.8. The molecule has 3 aromatic heterocycles. The number of fused-ring (bicyclic) bond motifs is 6. The zero-order valence-corrected chi connectivity index (χ0v) is 41.2. The normalized spacial score (nSPS) is 23.1. The van der Waals surface area contributed by atoms with Crippen LogP contribution in [0.2, 0.25) is 10.6 Å². The lowest BCUT2D eigenvalue weighted by atomic mass is 9.84. The van der Waals surface area contributed by atoms with Crippen LogP contribution in [0.4, 0.5) is 4.79 Å². The molecule has 17 heteroatoms. The number of benzene rings is 1. The van der Waals surface area contributed by atoms with Gasteiger partial charge in [-0.25, -0.2) is 15.2 Å². The van der Waals surface area contributed by atoms with E-state index in [0.717, 1.165) is 49.7 Å². The Morgan fingerprint density at radius 1 is 1.11 bits per heavy atom. The average Bonchev–Trinajstić information content (AvgIpc) is 3.72. The fourth-order valence-electron chi connectivity index (χ4n) is 10.1. The van der Waals surface area contributed by atoms with E-state index < -0.39 is 34.0 Å². The predicted octanol–water partition coefficient (Wildman–Crippen LogP) is 6.71.